The molecular formula is C45H89NO5. The molecule has 6 nitrogen and oxygen atoms in total. The molecule has 0 aliphatic rings. The fourth-order valence-corrected chi connectivity index (χ4v) is 7.19. The highest BCUT2D eigenvalue weighted by atomic mass is 16.5. The van der Waals surface area contributed by atoms with Gasteiger partial charge in [-0.1, -0.05) is 156 Å². The molecule has 0 spiro atoms. The van der Waals surface area contributed by atoms with E-state index in [1.165, 1.54) is 116 Å². The molecule has 0 radical (unpaired) electrons. The van der Waals surface area contributed by atoms with Gasteiger partial charge in [-0.2, -0.15) is 0 Å². The maximum atomic E-state index is 12.6. The summed E-state index contributed by atoms with van der Waals surface area (Å²) in [5.74, 6) is 0.00374. The number of aliphatic hydroxyl groups excluding tert-OH is 1. The normalized spacial score (nSPS) is 12.7. The van der Waals surface area contributed by atoms with Gasteiger partial charge in [0.25, 0.3) is 0 Å². The summed E-state index contributed by atoms with van der Waals surface area (Å²) in [5.41, 5.74) is 0. The lowest BCUT2D eigenvalue weighted by atomic mass is 10.0. The number of esters is 2. The zero-order chi connectivity index (χ0) is 37.5. The van der Waals surface area contributed by atoms with Gasteiger partial charge in [0, 0.05) is 19.4 Å². The van der Waals surface area contributed by atoms with E-state index in [0.717, 1.165) is 103 Å². The first-order valence-corrected chi connectivity index (χ1v) is 22.7. The summed E-state index contributed by atoms with van der Waals surface area (Å²) in [6.45, 7) is 11.9. The summed E-state index contributed by atoms with van der Waals surface area (Å²) in [5, 5.41) is 9.57. The maximum Gasteiger partial charge on any atom is 0.306 e. The Labute approximate surface area is 318 Å². The first-order valence-electron chi connectivity index (χ1n) is 22.7. The Morgan fingerprint density at radius 3 is 1.14 bits per heavy atom. The van der Waals surface area contributed by atoms with Crippen LogP contribution in [0.4, 0.5) is 0 Å². The summed E-state index contributed by atoms with van der Waals surface area (Å²) in [6.07, 6.45) is 37.7. The highest BCUT2D eigenvalue weighted by molar-refractivity contribution is 5.69. The van der Waals surface area contributed by atoms with Gasteiger partial charge < -0.3 is 19.5 Å². The van der Waals surface area contributed by atoms with Gasteiger partial charge in [-0.3, -0.25) is 9.59 Å². The quantitative estimate of drug-likeness (QED) is 0.0500. The fraction of sp³-hybridized carbons (Fsp3) is 0.956. The van der Waals surface area contributed by atoms with Gasteiger partial charge in [0.15, 0.2) is 0 Å². The van der Waals surface area contributed by atoms with Crippen LogP contribution in [0.2, 0.25) is 0 Å². The number of aliphatic hydroxyl groups is 1. The molecule has 0 aromatic heterocycles. The summed E-state index contributed by atoms with van der Waals surface area (Å²) >= 11 is 0. The number of hydrogen-bond acceptors (Lipinski definition) is 6. The fourth-order valence-electron chi connectivity index (χ4n) is 7.19. The van der Waals surface area contributed by atoms with E-state index in [1.54, 1.807) is 0 Å². The van der Waals surface area contributed by atoms with Gasteiger partial charge in [0.05, 0.1) is 6.61 Å². The second-order valence-corrected chi connectivity index (χ2v) is 15.6. The number of unbranched alkanes of at least 4 members (excludes halogenated alkanes) is 21. The molecule has 2 unspecified atom stereocenters. The molecule has 0 heterocycles. The molecule has 0 saturated carbocycles. The van der Waals surface area contributed by atoms with Crippen LogP contribution < -0.4 is 0 Å². The molecule has 0 aromatic rings. The van der Waals surface area contributed by atoms with Crippen LogP contribution in [0, 0.1) is 0 Å². The van der Waals surface area contributed by atoms with Gasteiger partial charge in [0.1, 0.15) is 12.2 Å². The standard InChI is InChI=1S/C45H89NO5/c1-5-9-12-15-19-26-33-42(32-8-4)50-44(48)36-28-21-17-23-30-38-46(40-41-47)39-31-24-18-22-29-37-45(49)51-43(34-25-14-11-7-3)35-27-20-16-13-10-6-2/h42-43,47H,5-41H2,1-4H3. The SMILES string of the molecule is CCCCCCCCC(CCC)OC(=O)CCCCCCCN(CCO)CCCCCCCC(=O)OC(CCCCCC)CCCCCCCC. The van der Waals surface area contributed by atoms with Gasteiger partial charge >= 0.3 is 11.9 Å². The van der Waals surface area contributed by atoms with Crippen molar-refractivity contribution in [2.45, 2.75) is 252 Å². The smallest absolute Gasteiger partial charge is 0.306 e. The Morgan fingerprint density at radius 2 is 0.745 bits per heavy atom. The summed E-state index contributed by atoms with van der Waals surface area (Å²) in [4.78, 5) is 27.5. The number of rotatable bonds is 41. The van der Waals surface area contributed by atoms with Crippen molar-refractivity contribution in [1.29, 1.82) is 0 Å². The molecule has 0 saturated heterocycles. The lowest BCUT2D eigenvalue weighted by Crippen LogP contribution is -2.29. The lowest BCUT2D eigenvalue weighted by molar-refractivity contribution is -0.151. The minimum Gasteiger partial charge on any atom is -0.462 e. The van der Waals surface area contributed by atoms with E-state index in [-0.39, 0.29) is 30.8 Å². The topological polar surface area (TPSA) is 76.1 Å². The van der Waals surface area contributed by atoms with Crippen LogP contribution in [0.3, 0.4) is 0 Å². The van der Waals surface area contributed by atoms with Crippen molar-refractivity contribution >= 4 is 11.9 Å². The third-order valence-corrected chi connectivity index (χ3v) is 10.5. The van der Waals surface area contributed by atoms with Gasteiger partial charge in [0.2, 0.25) is 0 Å². The maximum absolute atomic E-state index is 12.6. The number of ether oxygens (including phenoxy) is 2. The van der Waals surface area contributed by atoms with Crippen LogP contribution in [0.1, 0.15) is 240 Å². The highest BCUT2D eigenvalue weighted by Crippen LogP contribution is 2.19. The first-order chi connectivity index (χ1) is 25.0. The number of carbonyl (C=O) groups excluding carboxylic acids is 2. The van der Waals surface area contributed by atoms with E-state index in [4.69, 9.17) is 9.47 Å². The second-order valence-electron chi connectivity index (χ2n) is 15.6. The Hall–Kier alpha value is -1.14. The van der Waals surface area contributed by atoms with Crippen LogP contribution in [-0.2, 0) is 19.1 Å². The summed E-state index contributed by atoms with van der Waals surface area (Å²) < 4.78 is 11.8. The summed E-state index contributed by atoms with van der Waals surface area (Å²) in [7, 11) is 0. The Bertz CT molecular complexity index is 731. The van der Waals surface area contributed by atoms with E-state index in [2.05, 4.69) is 32.6 Å². The van der Waals surface area contributed by atoms with Crippen LogP contribution in [-0.4, -0.2) is 60.4 Å². The van der Waals surface area contributed by atoms with Gasteiger partial charge in [-0.25, -0.2) is 0 Å². The molecular weight excluding hydrogens is 634 g/mol. The van der Waals surface area contributed by atoms with E-state index < -0.39 is 0 Å². The van der Waals surface area contributed by atoms with Crippen molar-refractivity contribution in [1.82, 2.24) is 4.90 Å². The Balaban J connectivity index is 4.03. The van der Waals surface area contributed by atoms with E-state index in [9.17, 15) is 14.7 Å². The molecule has 0 aromatic carbocycles. The van der Waals surface area contributed by atoms with E-state index >= 15 is 0 Å². The molecule has 0 fully saturated rings. The van der Waals surface area contributed by atoms with Crippen molar-refractivity contribution < 1.29 is 24.2 Å². The molecule has 304 valence electrons. The predicted octanol–water partition coefficient (Wildman–Crippen LogP) is 13.1. The largest absolute Gasteiger partial charge is 0.462 e. The Kier molecular flexibility index (Phi) is 39.2. The van der Waals surface area contributed by atoms with Crippen molar-refractivity contribution in [3.8, 4) is 0 Å². The minimum atomic E-state index is -0.00547. The monoisotopic (exact) mass is 724 g/mol. The zero-order valence-corrected chi connectivity index (χ0v) is 34.8. The van der Waals surface area contributed by atoms with Gasteiger partial charge in [-0.05, 0) is 83.7 Å². The van der Waals surface area contributed by atoms with Crippen LogP contribution in [0.25, 0.3) is 0 Å². The first kappa shape index (κ1) is 49.9. The zero-order valence-electron chi connectivity index (χ0n) is 34.8. The number of nitrogens with zero attached hydrogens (tertiary/aromatic N) is 1. The molecule has 2 atom stereocenters. The average Bonchev–Trinajstić information content (AvgIpc) is 3.11. The van der Waals surface area contributed by atoms with Crippen molar-refractivity contribution in [2.75, 3.05) is 26.2 Å². The van der Waals surface area contributed by atoms with Gasteiger partial charge in [-0.15, -0.1) is 0 Å². The molecule has 0 aliphatic heterocycles. The molecule has 0 amide bonds. The Morgan fingerprint density at radius 1 is 0.412 bits per heavy atom. The molecule has 6 heteroatoms. The average molecular weight is 724 g/mol. The molecule has 0 bridgehead atoms. The molecule has 1 N–H and O–H groups in total. The summed E-state index contributed by atoms with van der Waals surface area (Å²) in [6, 6.07) is 0. The number of hydrogen-bond donors (Lipinski definition) is 1. The third-order valence-electron chi connectivity index (χ3n) is 10.5. The van der Waals surface area contributed by atoms with Crippen molar-refractivity contribution in [2.24, 2.45) is 0 Å². The van der Waals surface area contributed by atoms with Crippen LogP contribution in [0.5, 0.6) is 0 Å². The molecule has 0 rings (SSSR count). The molecule has 0 aliphatic carbocycles. The van der Waals surface area contributed by atoms with Crippen molar-refractivity contribution in [3.63, 3.8) is 0 Å². The third kappa shape index (κ3) is 35.6. The lowest BCUT2D eigenvalue weighted by Gasteiger charge is -2.21. The van der Waals surface area contributed by atoms with Crippen molar-refractivity contribution in [3.05, 3.63) is 0 Å². The highest BCUT2D eigenvalue weighted by Gasteiger charge is 2.15. The minimum absolute atomic E-state index is 0.00547. The van der Waals surface area contributed by atoms with Crippen LogP contribution >= 0.6 is 0 Å². The van der Waals surface area contributed by atoms with E-state index in [0.29, 0.717) is 12.8 Å². The number of carbonyl (C=O) groups is 2. The second kappa shape index (κ2) is 40.1. The molecule has 51 heavy (non-hydrogen) atoms. The predicted molar refractivity (Wildman–Crippen MR) is 218 cm³/mol. The van der Waals surface area contributed by atoms with Crippen LogP contribution in [0.15, 0.2) is 0 Å². The van der Waals surface area contributed by atoms with E-state index in [1.807, 2.05) is 0 Å².